The van der Waals surface area contributed by atoms with Crippen molar-refractivity contribution in [2.45, 2.75) is 68.5 Å². The Balaban J connectivity index is 2.11. The average Bonchev–Trinajstić information content (AvgIpc) is 2.45. The number of methoxy groups -OCH3 is 1. The summed E-state index contributed by atoms with van der Waals surface area (Å²) in [7, 11) is -2.89. The van der Waals surface area contributed by atoms with E-state index in [1.807, 2.05) is 0 Å². The Labute approximate surface area is 126 Å². The van der Waals surface area contributed by atoms with Crippen molar-refractivity contribution >= 4 is 10.1 Å². The molecule has 5 unspecified atom stereocenters. The first-order chi connectivity index (χ1) is 9.84. The summed E-state index contributed by atoms with van der Waals surface area (Å²) in [5, 5.41) is 19.7. The molecule has 6 nitrogen and oxygen atoms in total. The van der Waals surface area contributed by atoms with Crippen LogP contribution in [0.4, 0.5) is 0 Å². The summed E-state index contributed by atoms with van der Waals surface area (Å²) in [4.78, 5) is 0. The van der Waals surface area contributed by atoms with Gasteiger partial charge < -0.3 is 14.9 Å². The zero-order chi connectivity index (χ0) is 15.6. The van der Waals surface area contributed by atoms with Gasteiger partial charge in [0.15, 0.2) is 0 Å². The minimum atomic E-state index is -4.25. The van der Waals surface area contributed by atoms with Gasteiger partial charge in [0.2, 0.25) is 0 Å². The molecule has 2 rings (SSSR count). The highest BCUT2D eigenvalue weighted by Crippen LogP contribution is 2.38. The quantitative estimate of drug-likeness (QED) is 0.666. The molecule has 0 heterocycles. The van der Waals surface area contributed by atoms with Crippen molar-refractivity contribution in [2.75, 3.05) is 7.11 Å². The predicted octanol–water partition coefficient (Wildman–Crippen LogP) is 0.970. The Morgan fingerprint density at radius 1 is 1.14 bits per heavy atom. The van der Waals surface area contributed by atoms with Crippen LogP contribution in [0.3, 0.4) is 0 Å². The smallest absolute Gasteiger partial charge is 0.270 e. The fraction of sp³-hybridized carbons (Fsp3) is 1.00. The zero-order valence-electron chi connectivity index (χ0n) is 12.4. The Morgan fingerprint density at radius 2 is 1.76 bits per heavy atom. The SMILES string of the molecule is COC1CC(O)C(C(O)C2CCCCC2)CC1S(=O)(=O)O. The Bertz CT molecular complexity index is 431. The fourth-order valence-electron chi connectivity index (χ4n) is 3.90. The van der Waals surface area contributed by atoms with Crippen LogP contribution in [-0.4, -0.2) is 53.9 Å². The number of aliphatic hydroxyl groups is 2. The van der Waals surface area contributed by atoms with Gasteiger partial charge >= 0.3 is 0 Å². The van der Waals surface area contributed by atoms with Crippen molar-refractivity contribution < 1.29 is 27.9 Å². The summed E-state index contributed by atoms with van der Waals surface area (Å²) in [6.07, 6.45) is 3.02. The number of hydrogen-bond donors (Lipinski definition) is 3. The molecular weight excluding hydrogens is 296 g/mol. The van der Waals surface area contributed by atoms with Crippen molar-refractivity contribution in [3.63, 3.8) is 0 Å². The van der Waals surface area contributed by atoms with E-state index >= 15 is 0 Å². The summed E-state index contributed by atoms with van der Waals surface area (Å²) >= 11 is 0. The number of rotatable bonds is 4. The lowest BCUT2D eigenvalue weighted by atomic mass is 9.73. The lowest BCUT2D eigenvalue weighted by Crippen LogP contribution is -2.51. The molecule has 0 aliphatic heterocycles. The van der Waals surface area contributed by atoms with Crippen molar-refractivity contribution in [3.05, 3.63) is 0 Å². The molecule has 7 heteroatoms. The maximum atomic E-state index is 11.5. The van der Waals surface area contributed by atoms with Crippen LogP contribution in [0.15, 0.2) is 0 Å². The Kier molecular flexibility index (Phi) is 5.65. The first-order valence-corrected chi connectivity index (χ1v) is 9.20. The molecule has 0 spiro atoms. The van der Waals surface area contributed by atoms with Crippen LogP contribution in [0.25, 0.3) is 0 Å². The monoisotopic (exact) mass is 322 g/mol. The van der Waals surface area contributed by atoms with Crippen molar-refractivity contribution in [1.82, 2.24) is 0 Å². The van der Waals surface area contributed by atoms with Crippen LogP contribution in [0.5, 0.6) is 0 Å². The number of aliphatic hydroxyl groups excluding tert-OH is 2. The molecule has 2 saturated carbocycles. The zero-order valence-corrected chi connectivity index (χ0v) is 13.2. The van der Waals surface area contributed by atoms with Crippen LogP contribution in [0.1, 0.15) is 44.9 Å². The summed E-state index contributed by atoms with van der Waals surface area (Å²) in [5.74, 6) is -0.411. The highest BCUT2D eigenvalue weighted by molar-refractivity contribution is 7.86. The fourth-order valence-corrected chi connectivity index (χ4v) is 4.97. The van der Waals surface area contributed by atoms with Crippen LogP contribution >= 0.6 is 0 Å². The third-order valence-electron chi connectivity index (χ3n) is 5.14. The maximum absolute atomic E-state index is 11.5. The second kappa shape index (κ2) is 6.91. The predicted molar refractivity (Wildman–Crippen MR) is 77.4 cm³/mol. The van der Waals surface area contributed by atoms with E-state index in [-0.39, 0.29) is 18.8 Å². The van der Waals surface area contributed by atoms with Gasteiger partial charge in [-0.05, 0) is 25.2 Å². The van der Waals surface area contributed by atoms with Gasteiger partial charge in [0.25, 0.3) is 10.1 Å². The molecule has 0 saturated heterocycles. The van der Waals surface area contributed by atoms with E-state index in [0.717, 1.165) is 32.1 Å². The van der Waals surface area contributed by atoms with Gasteiger partial charge in [-0.2, -0.15) is 8.42 Å². The van der Waals surface area contributed by atoms with Gasteiger partial charge in [0.1, 0.15) is 5.25 Å². The van der Waals surface area contributed by atoms with Crippen molar-refractivity contribution in [1.29, 1.82) is 0 Å². The van der Waals surface area contributed by atoms with Crippen LogP contribution < -0.4 is 0 Å². The van der Waals surface area contributed by atoms with E-state index in [0.29, 0.717) is 0 Å². The van der Waals surface area contributed by atoms with Crippen molar-refractivity contribution in [3.8, 4) is 0 Å². The summed E-state index contributed by atoms with van der Waals surface area (Å²) in [5.41, 5.74) is 0. The van der Waals surface area contributed by atoms with E-state index in [9.17, 15) is 23.2 Å². The second-order valence-electron chi connectivity index (χ2n) is 6.42. The minimum Gasteiger partial charge on any atom is -0.393 e. The van der Waals surface area contributed by atoms with Gasteiger partial charge in [-0.15, -0.1) is 0 Å². The second-order valence-corrected chi connectivity index (χ2v) is 8.05. The van der Waals surface area contributed by atoms with Gasteiger partial charge in [0.05, 0.1) is 18.3 Å². The lowest BCUT2D eigenvalue weighted by Gasteiger charge is -2.41. The summed E-state index contributed by atoms with van der Waals surface area (Å²) in [6, 6.07) is 0. The molecule has 21 heavy (non-hydrogen) atoms. The van der Waals surface area contributed by atoms with E-state index in [1.54, 1.807) is 0 Å². The minimum absolute atomic E-state index is 0.0379. The highest BCUT2D eigenvalue weighted by atomic mass is 32.2. The molecule has 0 aromatic rings. The standard InChI is InChI=1S/C14H26O6S/c1-20-12-8-11(15)10(7-13(12)21(17,18)19)14(16)9-5-3-2-4-6-9/h9-16H,2-8H2,1H3,(H,17,18,19). The third-order valence-corrected chi connectivity index (χ3v) is 6.41. The number of hydrogen-bond acceptors (Lipinski definition) is 5. The topological polar surface area (TPSA) is 104 Å². The molecule has 2 fully saturated rings. The van der Waals surface area contributed by atoms with E-state index < -0.39 is 39.6 Å². The van der Waals surface area contributed by atoms with Crippen LogP contribution in [-0.2, 0) is 14.9 Å². The lowest BCUT2D eigenvalue weighted by molar-refractivity contribution is -0.0784. The Hall–Kier alpha value is -0.210. The molecule has 0 aromatic heterocycles. The van der Waals surface area contributed by atoms with Gasteiger partial charge in [-0.1, -0.05) is 19.3 Å². The van der Waals surface area contributed by atoms with E-state index in [1.165, 1.54) is 7.11 Å². The largest absolute Gasteiger partial charge is 0.393 e. The average molecular weight is 322 g/mol. The van der Waals surface area contributed by atoms with Gasteiger partial charge in [0, 0.05) is 19.4 Å². The first-order valence-electron chi connectivity index (χ1n) is 7.69. The molecule has 2 aliphatic rings. The van der Waals surface area contributed by atoms with Crippen LogP contribution in [0, 0.1) is 11.8 Å². The molecule has 3 N–H and O–H groups in total. The molecule has 5 atom stereocenters. The van der Waals surface area contributed by atoms with Gasteiger partial charge in [-0.3, -0.25) is 4.55 Å². The molecule has 124 valence electrons. The highest BCUT2D eigenvalue weighted by Gasteiger charge is 2.46. The van der Waals surface area contributed by atoms with Crippen LogP contribution in [0.2, 0.25) is 0 Å². The van der Waals surface area contributed by atoms with E-state index in [4.69, 9.17) is 4.74 Å². The normalized spacial score (nSPS) is 37.3. The first kappa shape index (κ1) is 17.1. The third kappa shape index (κ3) is 3.96. The molecule has 0 radical (unpaired) electrons. The molecule has 0 amide bonds. The van der Waals surface area contributed by atoms with Crippen molar-refractivity contribution in [2.24, 2.45) is 11.8 Å². The summed E-state index contributed by atoms with van der Waals surface area (Å²) < 4.78 is 37.5. The molecule has 2 aliphatic carbocycles. The summed E-state index contributed by atoms with van der Waals surface area (Å²) in [6.45, 7) is 0. The van der Waals surface area contributed by atoms with E-state index in [2.05, 4.69) is 0 Å². The van der Waals surface area contributed by atoms with Gasteiger partial charge in [-0.25, -0.2) is 0 Å². The molecule has 0 bridgehead atoms. The molecular formula is C14H26O6S. The number of ether oxygens (including phenoxy) is 1. The maximum Gasteiger partial charge on any atom is 0.270 e. The molecule has 0 aromatic carbocycles. The Morgan fingerprint density at radius 3 is 2.29 bits per heavy atom.